The van der Waals surface area contributed by atoms with Crippen LogP contribution in [0.5, 0.6) is 17.2 Å². The lowest BCUT2D eigenvalue weighted by Crippen LogP contribution is -2.52. The van der Waals surface area contributed by atoms with Crippen molar-refractivity contribution in [3.63, 3.8) is 0 Å². The molecule has 0 atom stereocenters. The molecule has 0 bridgehead atoms. The molecule has 152 valence electrons. The highest BCUT2D eigenvalue weighted by Gasteiger charge is 2.45. The van der Waals surface area contributed by atoms with E-state index in [1.807, 2.05) is 36.1 Å². The number of aryl methyl sites for hydroxylation is 1. The second-order valence-corrected chi connectivity index (χ2v) is 7.72. The Kier molecular flexibility index (Phi) is 4.94. The number of carbonyl (C=O) groups is 2. The molecule has 29 heavy (non-hydrogen) atoms. The van der Waals surface area contributed by atoms with Crippen LogP contribution in [-0.2, 0) is 0 Å². The van der Waals surface area contributed by atoms with Gasteiger partial charge in [-0.05, 0) is 31.2 Å². The molecule has 1 amide bonds. The third kappa shape index (κ3) is 3.43. The molecule has 1 saturated heterocycles. The highest BCUT2D eigenvalue weighted by molar-refractivity contribution is 6.01. The van der Waals surface area contributed by atoms with E-state index >= 15 is 0 Å². The number of fused-ring (bicyclic) bond motifs is 1. The Bertz CT molecular complexity index is 942. The zero-order chi connectivity index (χ0) is 20.6. The molecular formula is C23H25NO5. The van der Waals surface area contributed by atoms with Crippen molar-refractivity contribution in [3.8, 4) is 17.2 Å². The third-order valence-electron chi connectivity index (χ3n) is 5.86. The van der Waals surface area contributed by atoms with Crippen LogP contribution in [0, 0.1) is 6.92 Å². The number of ketones is 1. The molecular weight excluding hydrogens is 370 g/mol. The zero-order valence-electron chi connectivity index (χ0n) is 17.0. The van der Waals surface area contributed by atoms with Crippen molar-refractivity contribution >= 4 is 11.7 Å². The van der Waals surface area contributed by atoms with Crippen LogP contribution in [-0.4, -0.2) is 49.5 Å². The summed E-state index contributed by atoms with van der Waals surface area (Å²) in [6, 6.07) is 11.0. The second kappa shape index (κ2) is 7.43. The first-order valence-electron chi connectivity index (χ1n) is 9.79. The average Bonchev–Trinajstić information content (AvgIpc) is 2.73. The Labute approximate surface area is 170 Å². The van der Waals surface area contributed by atoms with Crippen LogP contribution in [0.2, 0.25) is 0 Å². The summed E-state index contributed by atoms with van der Waals surface area (Å²) in [4.78, 5) is 27.5. The molecule has 2 aromatic rings. The molecule has 6 nitrogen and oxygen atoms in total. The molecule has 6 heteroatoms. The van der Waals surface area contributed by atoms with Gasteiger partial charge in [0.05, 0.1) is 26.2 Å². The van der Waals surface area contributed by atoms with E-state index in [2.05, 4.69) is 0 Å². The summed E-state index contributed by atoms with van der Waals surface area (Å²) in [5, 5.41) is 0. The van der Waals surface area contributed by atoms with Gasteiger partial charge in [0.1, 0.15) is 5.60 Å². The summed E-state index contributed by atoms with van der Waals surface area (Å²) in [6.07, 6.45) is 1.49. The fraction of sp³-hybridized carbons (Fsp3) is 0.391. The summed E-state index contributed by atoms with van der Waals surface area (Å²) >= 11 is 0. The van der Waals surface area contributed by atoms with Crippen molar-refractivity contribution in [2.45, 2.75) is 31.8 Å². The van der Waals surface area contributed by atoms with Gasteiger partial charge in [-0.25, -0.2) is 0 Å². The number of carbonyl (C=O) groups excluding carboxylic acids is 2. The first-order valence-corrected chi connectivity index (χ1v) is 9.79. The number of nitrogens with zero attached hydrogens (tertiary/aromatic N) is 1. The molecule has 0 radical (unpaired) electrons. The normalized spacial score (nSPS) is 17.5. The number of methoxy groups -OCH3 is 2. The smallest absolute Gasteiger partial charge is 0.253 e. The second-order valence-electron chi connectivity index (χ2n) is 7.72. The van der Waals surface area contributed by atoms with Gasteiger partial charge in [0.25, 0.3) is 5.91 Å². The predicted octanol–water partition coefficient (Wildman–Crippen LogP) is 3.65. The van der Waals surface area contributed by atoms with Crippen LogP contribution >= 0.6 is 0 Å². The quantitative estimate of drug-likeness (QED) is 0.794. The molecule has 1 fully saturated rings. The van der Waals surface area contributed by atoms with Gasteiger partial charge in [0.2, 0.25) is 5.75 Å². The van der Waals surface area contributed by atoms with Crippen molar-refractivity contribution in [1.82, 2.24) is 4.90 Å². The molecule has 0 saturated carbocycles. The maximum Gasteiger partial charge on any atom is 0.253 e. The number of hydrogen-bond acceptors (Lipinski definition) is 5. The Balaban J connectivity index is 1.54. The maximum absolute atomic E-state index is 12.8. The monoisotopic (exact) mass is 395 g/mol. The van der Waals surface area contributed by atoms with Crippen LogP contribution < -0.4 is 14.2 Å². The van der Waals surface area contributed by atoms with Gasteiger partial charge in [-0.3, -0.25) is 9.59 Å². The summed E-state index contributed by atoms with van der Waals surface area (Å²) in [6.45, 7) is 3.08. The Morgan fingerprint density at radius 1 is 1.03 bits per heavy atom. The standard InChI is InChI=1S/C23H25NO5/c1-15-4-6-16(7-5-15)22(26)24-12-10-23(11-13-24)14-18(25)17-8-9-19(27-2)21(28-3)20(17)29-23/h4-9H,10-14H2,1-3H3. The average molecular weight is 395 g/mol. The highest BCUT2D eigenvalue weighted by atomic mass is 16.5. The molecule has 2 aliphatic heterocycles. The van der Waals surface area contributed by atoms with Crippen LogP contribution in [0.4, 0.5) is 0 Å². The van der Waals surface area contributed by atoms with Gasteiger partial charge < -0.3 is 19.1 Å². The lowest BCUT2D eigenvalue weighted by molar-refractivity contribution is -0.00745. The van der Waals surface area contributed by atoms with Crippen molar-refractivity contribution in [3.05, 3.63) is 53.1 Å². The first-order chi connectivity index (χ1) is 14.0. The van der Waals surface area contributed by atoms with E-state index in [0.717, 1.165) is 5.56 Å². The summed E-state index contributed by atoms with van der Waals surface area (Å²) in [5.41, 5.74) is 1.71. The fourth-order valence-corrected chi connectivity index (χ4v) is 4.13. The number of benzene rings is 2. The van der Waals surface area contributed by atoms with Gasteiger partial charge >= 0.3 is 0 Å². The minimum absolute atomic E-state index is 0.0154. The van der Waals surface area contributed by atoms with Crippen LogP contribution in [0.3, 0.4) is 0 Å². The van der Waals surface area contributed by atoms with E-state index in [1.165, 1.54) is 7.11 Å². The molecule has 0 N–H and O–H groups in total. The van der Waals surface area contributed by atoms with Crippen LogP contribution in [0.15, 0.2) is 36.4 Å². The molecule has 2 aliphatic rings. The van der Waals surface area contributed by atoms with E-state index in [-0.39, 0.29) is 11.7 Å². The van der Waals surface area contributed by atoms with E-state index < -0.39 is 5.60 Å². The van der Waals surface area contributed by atoms with Crippen LogP contribution in [0.1, 0.15) is 45.5 Å². The topological polar surface area (TPSA) is 65.1 Å². The SMILES string of the molecule is COc1ccc2c(c1OC)OC1(CCN(C(=O)c3ccc(C)cc3)CC1)CC2=O. The lowest BCUT2D eigenvalue weighted by Gasteiger charge is -2.44. The molecule has 1 spiro atoms. The molecule has 2 heterocycles. The molecule has 0 aromatic heterocycles. The molecule has 0 aliphatic carbocycles. The fourth-order valence-electron chi connectivity index (χ4n) is 4.13. The van der Waals surface area contributed by atoms with E-state index in [1.54, 1.807) is 19.2 Å². The third-order valence-corrected chi connectivity index (χ3v) is 5.86. The van der Waals surface area contributed by atoms with Crippen LogP contribution in [0.25, 0.3) is 0 Å². The zero-order valence-corrected chi connectivity index (χ0v) is 17.0. The minimum Gasteiger partial charge on any atom is -0.493 e. The Hall–Kier alpha value is -3.02. The van der Waals surface area contributed by atoms with Gasteiger partial charge in [0, 0.05) is 31.5 Å². The van der Waals surface area contributed by atoms with Crippen molar-refractivity contribution < 1.29 is 23.8 Å². The van der Waals surface area contributed by atoms with Gasteiger partial charge in [0.15, 0.2) is 17.3 Å². The highest BCUT2D eigenvalue weighted by Crippen LogP contribution is 2.47. The summed E-state index contributed by atoms with van der Waals surface area (Å²) in [7, 11) is 3.09. The van der Waals surface area contributed by atoms with Gasteiger partial charge in [-0.2, -0.15) is 0 Å². The lowest BCUT2D eigenvalue weighted by atomic mass is 9.82. The number of hydrogen-bond donors (Lipinski definition) is 0. The van der Waals surface area contributed by atoms with E-state index in [0.29, 0.717) is 60.7 Å². The van der Waals surface area contributed by atoms with Crippen molar-refractivity contribution in [1.29, 1.82) is 0 Å². The number of Topliss-reactive ketones (excluding diaryl/α,β-unsaturated/α-hetero) is 1. The number of rotatable bonds is 3. The van der Waals surface area contributed by atoms with Gasteiger partial charge in [-0.1, -0.05) is 17.7 Å². The number of likely N-dealkylation sites (tertiary alicyclic amines) is 1. The molecule has 0 unspecified atom stereocenters. The minimum atomic E-state index is -0.617. The first kappa shape index (κ1) is 19.3. The number of ether oxygens (including phenoxy) is 3. The number of piperidine rings is 1. The van der Waals surface area contributed by atoms with E-state index in [4.69, 9.17) is 14.2 Å². The van der Waals surface area contributed by atoms with Crippen molar-refractivity contribution in [2.24, 2.45) is 0 Å². The van der Waals surface area contributed by atoms with E-state index in [9.17, 15) is 9.59 Å². The number of amides is 1. The summed E-state index contributed by atoms with van der Waals surface area (Å²) in [5.74, 6) is 1.47. The predicted molar refractivity (Wildman–Crippen MR) is 108 cm³/mol. The maximum atomic E-state index is 12.8. The van der Waals surface area contributed by atoms with Crippen molar-refractivity contribution in [2.75, 3.05) is 27.3 Å². The molecule has 2 aromatic carbocycles. The Morgan fingerprint density at radius 3 is 2.34 bits per heavy atom. The molecule has 4 rings (SSSR count). The summed E-state index contributed by atoms with van der Waals surface area (Å²) < 4.78 is 17.2. The largest absolute Gasteiger partial charge is 0.493 e. The van der Waals surface area contributed by atoms with Gasteiger partial charge in [-0.15, -0.1) is 0 Å². The Morgan fingerprint density at radius 2 is 1.72 bits per heavy atom.